The molecule has 0 bridgehead atoms. The lowest BCUT2D eigenvalue weighted by molar-refractivity contribution is -0.0764. The van der Waals surface area contributed by atoms with Gasteiger partial charge < -0.3 is 14.6 Å². The zero-order valence-corrected chi connectivity index (χ0v) is 14.5. The molecule has 2 aliphatic rings. The number of hydrogen-bond donors (Lipinski definition) is 1. The Labute approximate surface area is 147 Å². The van der Waals surface area contributed by atoms with Gasteiger partial charge in [0.05, 0.1) is 24.4 Å². The maximum Gasteiger partial charge on any atom is 0.167 e. The third-order valence-corrected chi connectivity index (χ3v) is 5.45. The van der Waals surface area contributed by atoms with Crippen LogP contribution in [0, 0.1) is 11.7 Å². The van der Waals surface area contributed by atoms with Crippen molar-refractivity contribution >= 4 is 0 Å². The fraction of sp³-hybridized carbons (Fsp3) is 0.550. The molecule has 0 amide bonds. The molecule has 2 aromatic rings. The molecule has 1 N–H and O–H groups in total. The number of nitrogens with zero attached hydrogens (tertiary/aromatic N) is 1. The van der Waals surface area contributed by atoms with Crippen LogP contribution in [-0.4, -0.2) is 30.5 Å². The molecule has 0 radical (unpaired) electrons. The molecule has 1 saturated heterocycles. The van der Waals surface area contributed by atoms with Crippen LogP contribution in [0.15, 0.2) is 34.9 Å². The minimum atomic E-state index is -0.249. The van der Waals surface area contributed by atoms with Crippen LogP contribution < -0.4 is 5.32 Å². The summed E-state index contributed by atoms with van der Waals surface area (Å²) in [6.07, 6.45) is 7.58. The van der Waals surface area contributed by atoms with Crippen molar-refractivity contribution in [2.75, 3.05) is 19.8 Å². The smallest absolute Gasteiger partial charge is 0.167 e. The topological polar surface area (TPSA) is 47.3 Å². The third kappa shape index (κ3) is 3.93. The van der Waals surface area contributed by atoms with Gasteiger partial charge in [-0.25, -0.2) is 4.39 Å². The normalized spacial score (nSPS) is 20.4. The molecule has 4 nitrogen and oxygen atoms in total. The van der Waals surface area contributed by atoms with Gasteiger partial charge in [0.15, 0.2) is 5.76 Å². The Balaban J connectivity index is 1.39. The van der Waals surface area contributed by atoms with Crippen molar-refractivity contribution in [1.82, 2.24) is 10.5 Å². The minimum Gasteiger partial charge on any atom is -0.377 e. The van der Waals surface area contributed by atoms with Crippen molar-refractivity contribution in [2.24, 2.45) is 5.92 Å². The Bertz CT molecular complexity index is 688. The van der Waals surface area contributed by atoms with Crippen LogP contribution in [0.2, 0.25) is 0 Å². The maximum absolute atomic E-state index is 13.1. The van der Waals surface area contributed by atoms with Crippen molar-refractivity contribution in [3.05, 3.63) is 41.8 Å². The van der Waals surface area contributed by atoms with Crippen LogP contribution in [0.25, 0.3) is 11.3 Å². The van der Waals surface area contributed by atoms with E-state index in [4.69, 9.17) is 9.26 Å². The summed E-state index contributed by atoms with van der Waals surface area (Å²) in [5.74, 6) is 1.22. The van der Waals surface area contributed by atoms with E-state index in [9.17, 15) is 4.39 Å². The summed E-state index contributed by atoms with van der Waals surface area (Å²) in [7, 11) is 0. The van der Waals surface area contributed by atoms with E-state index in [2.05, 4.69) is 10.5 Å². The van der Waals surface area contributed by atoms with Gasteiger partial charge in [-0.15, -0.1) is 0 Å². The molecule has 25 heavy (non-hydrogen) atoms. The first-order valence-electron chi connectivity index (χ1n) is 9.27. The second-order valence-electron chi connectivity index (χ2n) is 7.52. The molecule has 4 rings (SSSR count). The summed E-state index contributed by atoms with van der Waals surface area (Å²) in [5, 5.41) is 7.96. The molecule has 2 fully saturated rings. The average molecular weight is 344 g/mol. The highest BCUT2D eigenvalue weighted by molar-refractivity contribution is 5.57. The van der Waals surface area contributed by atoms with E-state index >= 15 is 0 Å². The van der Waals surface area contributed by atoms with Gasteiger partial charge in [-0.3, -0.25) is 0 Å². The second-order valence-corrected chi connectivity index (χ2v) is 7.52. The molecule has 0 spiro atoms. The van der Waals surface area contributed by atoms with Gasteiger partial charge in [-0.05, 0) is 49.6 Å². The van der Waals surface area contributed by atoms with E-state index in [0.29, 0.717) is 5.76 Å². The summed E-state index contributed by atoms with van der Waals surface area (Å²) in [5.41, 5.74) is 1.74. The molecule has 2 heterocycles. The van der Waals surface area contributed by atoms with Gasteiger partial charge in [0.2, 0.25) is 0 Å². The molecular weight excluding hydrogens is 319 g/mol. The van der Waals surface area contributed by atoms with Crippen molar-refractivity contribution < 1.29 is 13.7 Å². The van der Waals surface area contributed by atoms with Crippen molar-refractivity contribution in [2.45, 2.75) is 44.1 Å². The zero-order valence-electron chi connectivity index (χ0n) is 14.5. The second kappa shape index (κ2) is 7.26. The van der Waals surface area contributed by atoms with Crippen LogP contribution in [0.1, 0.15) is 37.8 Å². The summed E-state index contributed by atoms with van der Waals surface area (Å²) in [6, 6.07) is 8.25. The highest BCUT2D eigenvalue weighted by Crippen LogP contribution is 2.28. The van der Waals surface area contributed by atoms with Crippen LogP contribution in [0.4, 0.5) is 4.39 Å². The lowest BCUT2D eigenvalue weighted by Crippen LogP contribution is -2.62. The predicted molar refractivity (Wildman–Crippen MR) is 93.7 cm³/mol. The fourth-order valence-corrected chi connectivity index (χ4v) is 3.86. The number of ether oxygens (including phenoxy) is 1. The number of benzene rings is 1. The van der Waals surface area contributed by atoms with Crippen LogP contribution >= 0.6 is 0 Å². The van der Waals surface area contributed by atoms with Gasteiger partial charge in [-0.2, -0.15) is 0 Å². The highest BCUT2D eigenvalue weighted by Gasteiger charge is 2.39. The molecule has 0 atom stereocenters. The number of rotatable bonds is 6. The summed E-state index contributed by atoms with van der Waals surface area (Å²) >= 11 is 0. The minimum absolute atomic E-state index is 0.0195. The van der Waals surface area contributed by atoms with Crippen molar-refractivity contribution in [1.29, 1.82) is 0 Å². The molecule has 5 heteroatoms. The van der Waals surface area contributed by atoms with Gasteiger partial charge in [0.25, 0.3) is 0 Å². The van der Waals surface area contributed by atoms with Crippen molar-refractivity contribution in [3.8, 4) is 11.3 Å². The van der Waals surface area contributed by atoms with Gasteiger partial charge in [-0.1, -0.05) is 24.4 Å². The van der Waals surface area contributed by atoms with Gasteiger partial charge in [0.1, 0.15) is 5.82 Å². The Kier molecular flexibility index (Phi) is 4.86. The molecule has 0 unspecified atom stereocenters. The average Bonchev–Trinajstić information content (AvgIpc) is 3.07. The van der Waals surface area contributed by atoms with E-state index in [-0.39, 0.29) is 11.4 Å². The number of hydrogen-bond acceptors (Lipinski definition) is 4. The summed E-state index contributed by atoms with van der Waals surface area (Å²) in [4.78, 5) is 0. The third-order valence-electron chi connectivity index (χ3n) is 5.45. The highest BCUT2D eigenvalue weighted by atomic mass is 19.1. The lowest BCUT2D eigenvalue weighted by atomic mass is 9.86. The van der Waals surface area contributed by atoms with Crippen molar-refractivity contribution in [3.63, 3.8) is 0 Å². The van der Waals surface area contributed by atoms with E-state index < -0.39 is 0 Å². The fourth-order valence-electron chi connectivity index (χ4n) is 3.86. The monoisotopic (exact) mass is 344 g/mol. The Morgan fingerprint density at radius 3 is 2.56 bits per heavy atom. The molecule has 134 valence electrons. The molecule has 1 aromatic carbocycles. The molecule has 1 aromatic heterocycles. The predicted octanol–water partition coefficient (Wildman–Crippen LogP) is 3.96. The Morgan fingerprint density at radius 2 is 1.88 bits per heavy atom. The largest absolute Gasteiger partial charge is 0.377 e. The molecule has 1 saturated carbocycles. The molecule has 1 aliphatic carbocycles. The molecule has 1 aliphatic heterocycles. The standard InChI is InChI=1S/C20H25FN2O2/c21-17-8-6-16(7-9-17)19-10-18(23-25-19)11-20(13-24-14-20)22-12-15-4-2-1-3-5-15/h6-10,15,22H,1-5,11-14H2. The summed E-state index contributed by atoms with van der Waals surface area (Å²) in [6.45, 7) is 2.50. The SMILES string of the molecule is Fc1ccc(-c2cc(CC3(NCC4CCCCC4)COC3)no2)cc1. The Morgan fingerprint density at radius 1 is 1.12 bits per heavy atom. The van der Waals surface area contributed by atoms with Gasteiger partial charge >= 0.3 is 0 Å². The molecular formula is C20H25FN2O2. The first-order valence-corrected chi connectivity index (χ1v) is 9.27. The number of halogens is 1. The van der Waals surface area contributed by atoms with Crippen LogP contribution in [-0.2, 0) is 11.2 Å². The first-order chi connectivity index (χ1) is 12.2. The quantitative estimate of drug-likeness (QED) is 0.862. The maximum atomic E-state index is 13.1. The lowest BCUT2D eigenvalue weighted by Gasteiger charge is -2.43. The summed E-state index contributed by atoms with van der Waals surface area (Å²) < 4.78 is 24.0. The van der Waals surface area contributed by atoms with E-state index in [1.54, 1.807) is 12.1 Å². The number of aromatic nitrogens is 1. The van der Waals surface area contributed by atoms with E-state index in [1.807, 2.05) is 6.07 Å². The van der Waals surface area contributed by atoms with Crippen LogP contribution in [0.5, 0.6) is 0 Å². The number of nitrogens with one attached hydrogen (secondary N) is 1. The first kappa shape index (κ1) is 16.7. The van der Waals surface area contributed by atoms with Crippen LogP contribution in [0.3, 0.4) is 0 Å². The van der Waals surface area contributed by atoms with Gasteiger partial charge in [0, 0.05) is 18.1 Å². The van der Waals surface area contributed by atoms with E-state index in [1.165, 1.54) is 44.2 Å². The Hall–Kier alpha value is -1.72. The zero-order chi connectivity index (χ0) is 17.1. The van der Waals surface area contributed by atoms with E-state index in [0.717, 1.165) is 43.4 Å².